The molecule has 1 N–H and O–H groups in total. The minimum atomic E-state index is -0.431. The number of hydrogen-bond acceptors (Lipinski definition) is 4. The minimum Gasteiger partial charge on any atom is -0.324 e. The van der Waals surface area contributed by atoms with Crippen molar-refractivity contribution in [3.63, 3.8) is 0 Å². The largest absolute Gasteiger partial charge is 0.324 e. The molecule has 0 radical (unpaired) electrons. The number of hydrogen-bond donors (Lipinski definition) is 1. The molecular weight excluding hydrogens is 292 g/mol. The molecule has 0 unspecified atom stereocenters. The van der Waals surface area contributed by atoms with Gasteiger partial charge in [-0.2, -0.15) is 5.10 Å². The van der Waals surface area contributed by atoms with Gasteiger partial charge in [0.1, 0.15) is 0 Å². The third kappa shape index (κ3) is 3.62. The number of hydrazone groups is 1. The van der Waals surface area contributed by atoms with Crippen LogP contribution in [0.4, 0.5) is 11.4 Å². The summed E-state index contributed by atoms with van der Waals surface area (Å²) < 4.78 is 2.02. The van der Waals surface area contributed by atoms with Gasteiger partial charge in [-0.1, -0.05) is 12.1 Å². The van der Waals surface area contributed by atoms with Gasteiger partial charge in [0, 0.05) is 30.2 Å². The average molecular weight is 306 g/mol. The number of aromatic nitrogens is 1. The van der Waals surface area contributed by atoms with Gasteiger partial charge >= 0.3 is 0 Å². The molecular formula is C17H14N4O2. The van der Waals surface area contributed by atoms with E-state index < -0.39 is 4.92 Å². The fraction of sp³-hybridized carbons (Fsp3) is 0. The Morgan fingerprint density at radius 2 is 1.65 bits per heavy atom. The highest BCUT2D eigenvalue weighted by molar-refractivity contribution is 5.80. The van der Waals surface area contributed by atoms with Crippen molar-refractivity contribution in [1.29, 1.82) is 0 Å². The molecule has 23 heavy (non-hydrogen) atoms. The van der Waals surface area contributed by atoms with Crippen LogP contribution in [-0.4, -0.2) is 15.7 Å². The molecule has 0 amide bonds. The van der Waals surface area contributed by atoms with Crippen molar-refractivity contribution in [2.45, 2.75) is 0 Å². The van der Waals surface area contributed by atoms with Crippen LogP contribution in [0.3, 0.4) is 0 Å². The van der Waals surface area contributed by atoms with Crippen molar-refractivity contribution >= 4 is 17.6 Å². The fourth-order valence-electron chi connectivity index (χ4n) is 2.08. The Balaban J connectivity index is 1.62. The van der Waals surface area contributed by atoms with Gasteiger partial charge in [0.15, 0.2) is 0 Å². The summed E-state index contributed by atoms with van der Waals surface area (Å²) in [5, 5.41) is 14.7. The minimum absolute atomic E-state index is 0.0557. The lowest BCUT2D eigenvalue weighted by Crippen LogP contribution is -1.93. The Hall–Kier alpha value is -3.41. The van der Waals surface area contributed by atoms with Crippen molar-refractivity contribution < 1.29 is 4.92 Å². The number of nitrogens with zero attached hydrogens (tertiary/aromatic N) is 3. The predicted octanol–water partition coefficient (Wildman–Crippen LogP) is 3.83. The highest BCUT2D eigenvalue weighted by Gasteiger charge is 2.02. The van der Waals surface area contributed by atoms with Crippen LogP contribution in [0.5, 0.6) is 0 Å². The number of nitro groups is 1. The molecule has 0 fully saturated rings. The lowest BCUT2D eigenvalue weighted by molar-refractivity contribution is -0.384. The average Bonchev–Trinajstić information content (AvgIpc) is 3.10. The van der Waals surface area contributed by atoms with E-state index in [9.17, 15) is 10.1 Å². The summed E-state index contributed by atoms with van der Waals surface area (Å²) in [7, 11) is 0. The van der Waals surface area contributed by atoms with E-state index in [-0.39, 0.29) is 5.69 Å². The molecule has 2 aromatic carbocycles. The van der Waals surface area contributed by atoms with Crippen molar-refractivity contribution in [2.24, 2.45) is 5.10 Å². The number of rotatable bonds is 5. The molecule has 0 aliphatic heterocycles. The molecule has 0 atom stereocenters. The highest BCUT2D eigenvalue weighted by atomic mass is 16.6. The third-order valence-electron chi connectivity index (χ3n) is 3.28. The van der Waals surface area contributed by atoms with E-state index in [2.05, 4.69) is 10.5 Å². The number of nitrogens with one attached hydrogen (secondary N) is 1. The van der Waals surface area contributed by atoms with Gasteiger partial charge in [0.05, 0.1) is 16.8 Å². The van der Waals surface area contributed by atoms with Gasteiger partial charge < -0.3 is 4.57 Å². The van der Waals surface area contributed by atoms with Gasteiger partial charge in [-0.15, -0.1) is 0 Å². The highest BCUT2D eigenvalue weighted by Crippen LogP contribution is 2.15. The maximum atomic E-state index is 10.6. The van der Waals surface area contributed by atoms with E-state index in [1.807, 2.05) is 53.4 Å². The Morgan fingerprint density at radius 1 is 1.00 bits per heavy atom. The molecule has 6 nitrogen and oxygen atoms in total. The van der Waals surface area contributed by atoms with Gasteiger partial charge in [-0.05, 0) is 42.0 Å². The van der Waals surface area contributed by atoms with E-state index >= 15 is 0 Å². The second-order valence-corrected chi connectivity index (χ2v) is 4.86. The van der Waals surface area contributed by atoms with E-state index in [1.54, 1.807) is 18.3 Å². The summed E-state index contributed by atoms with van der Waals surface area (Å²) in [5.41, 5.74) is 5.62. The van der Waals surface area contributed by atoms with Crippen molar-refractivity contribution in [1.82, 2.24) is 4.57 Å². The van der Waals surface area contributed by atoms with Crippen molar-refractivity contribution in [3.05, 3.63) is 88.7 Å². The first kappa shape index (κ1) is 14.5. The van der Waals surface area contributed by atoms with E-state index in [0.717, 1.165) is 11.3 Å². The molecule has 0 saturated carbocycles. The quantitative estimate of drug-likeness (QED) is 0.442. The van der Waals surface area contributed by atoms with Crippen LogP contribution >= 0.6 is 0 Å². The second kappa shape index (κ2) is 6.57. The molecule has 114 valence electrons. The maximum Gasteiger partial charge on any atom is 0.269 e. The monoisotopic (exact) mass is 306 g/mol. The van der Waals surface area contributed by atoms with E-state index in [4.69, 9.17) is 0 Å². The zero-order chi connectivity index (χ0) is 16.1. The summed E-state index contributed by atoms with van der Waals surface area (Å²) >= 11 is 0. The van der Waals surface area contributed by atoms with Crippen LogP contribution < -0.4 is 5.43 Å². The van der Waals surface area contributed by atoms with E-state index in [1.165, 1.54) is 12.1 Å². The molecule has 6 heteroatoms. The predicted molar refractivity (Wildman–Crippen MR) is 90.1 cm³/mol. The maximum absolute atomic E-state index is 10.6. The summed E-state index contributed by atoms with van der Waals surface area (Å²) in [6.45, 7) is 0. The molecule has 0 aliphatic rings. The molecule has 1 aromatic heterocycles. The number of anilines is 1. The fourth-order valence-corrected chi connectivity index (χ4v) is 2.08. The lowest BCUT2D eigenvalue weighted by atomic mass is 10.2. The molecule has 1 heterocycles. The first-order valence-electron chi connectivity index (χ1n) is 6.99. The van der Waals surface area contributed by atoms with Crippen molar-refractivity contribution in [3.8, 4) is 5.69 Å². The third-order valence-corrected chi connectivity index (χ3v) is 3.28. The first-order chi connectivity index (χ1) is 11.2. The number of benzene rings is 2. The zero-order valence-electron chi connectivity index (χ0n) is 12.2. The van der Waals surface area contributed by atoms with Crippen LogP contribution in [0.2, 0.25) is 0 Å². The Labute approximate surface area is 132 Å². The number of non-ortho nitro benzene ring substituents is 1. The van der Waals surface area contributed by atoms with Gasteiger partial charge in [0.25, 0.3) is 5.69 Å². The van der Waals surface area contributed by atoms with Crippen LogP contribution in [0.25, 0.3) is 5.69 Å². The first-order valence-corrected chi connectivity index (χ1v) is 6.99. The summed E-state index contributed by atoms with van der Waals surface area (Å²) in [6, 6.07) is 18.0. The molecule has 3 aromatic rings. The smallest absolute Gasteiger partial charge is 0.269 e. The second-order valence-electron chi connectivity index (χ2n) is 4.86. The summed E-state index contributed by atoms with van der Waals surface area (Å²) in [6.07, 6.45) is 5.67. The standard InChI is InChI=1S/C17H14N4O2/c22-21(23)17-9-5-15(6-10-17)19-18-13-14-3-7-16(8-4-14)20-11-1-2-12-20/h1-13,19H/b18-13-. The SMILES string of the molecule is O=[N+]([O-])c1ccc(N/N=C\c2ccc(-n3cccc3)cc2)cc1. The van der Waals surface area contributed by atoms with Gasteiger partial charge in [0.2, 0.25) is 0 Å². The Kier molecular flexibility index (Phi) is 4.15. The lowest BCUT2D eigenvalue weighted by Gasteiger charge is -2.03. The molecule has 3 rings (SSSR count). The molecule has 0 saturated heterocycles. The van der Waals surface area contributed by atoms with E-state index in [0.29, 0.717) is 5.69 Å². The van der Waals surface area contributed by atoms with Crippen LogP contribution in [0, 0.1) is 10.1 Å². The van der Waals surface area contributed by atoms with Gasteiger partial charge in [-0.25, -0.2) is 0 Å². The van der Waals surface area contributed by atoms with Crippen LogP contribution in [0.1, 0.15) is 5.56 Å². The topological polar surface area (TPSA) is 72.5 Å². The summed E-state index contributed by atoms with van der Waals surface area (Å²) in [5.74, 6) is 0. The Morgan fingerprint density at radius 3 is 2.26 bits per heavy atom. The molecule has 0 bridgehead atoms. The molecule has 0 spiro atoms. The zero-order valence-corrected chi connectivity index (χ0v) is 12.2. The molecule has 0 aliphatic carbocycles. The van der Waals surface area contributed by atoms with Crippen LogP contribution in [0.15, 0.2) is 78.2 Å². The number of nitro benzene ring substituents is 1. The van der Waals surface area contributed by atoms with Crippen molar-refractivity contribution in [2.75, 3.05) is 5.43 Å². The normalized spacial score (nSPS) is 10.8. The van der Waals surface area contributed by atoms with Gasteiger partial charge in [-0.3, -0.25) is 15.5 Å². The summed E-state index contributed by atoms with van der Waals surface area (Å²) in [4.78, 5) is 10.1. The Bertz CT molecular complexity index is 807. The van der Waals surface area contributed by atoms with Crippen LogP contribution in [-0.2, 0) is 0 Å².